The van der Waals surface area contributed by atoms with E-state index < -0.39 is 10.9 Å². The summed E-state index contributed by atoms with van der Waals surface area (Å²) < 4.78 is 0.289. The normalized spacial score (nSPS) is 18.8. The Kier molecular flexibility index (Phi) is 6.30. The van der Waals surface area contributed by atoms with Crippen LogP contribution in [0.1, 0.15) is 31.2 Å². The summed E-state index contributed by atoms with van der Waals surface area (Å²) in [7, 11) is 0. The minimum absolute atomic E-state index is 0.00534. The number of thiocarbonyl (C=S) groups is 1. The number of hydrogen-bond donors (Lipinski definition) is 1. The largest absolute Gasteiger partial charge is 0.481 e. The lowest BCUT2D eigenvalue weighted by molar-refractivity contribution is -0.384. The molecule has 8 nitrogen and oxygen atoms in total. The molecule has 0 aliphatic carbocycles. The molecule has 2 heterocycles. The van der Waals surface area contributed by atoms with E-state index in [0.29, 0.717) is 16.2 Å². The number of amides is 1. The van der Waals surface area contributed by atoms with Gasteiger partial charge in [-0.1, -0.05) is 30.0 Å². The number of anilines is 1. The Morgan fingerprint density at radius 2 is 2.04 bits per heavy atom. The van der Waals surface area contributed by atoms with Crippen molar-refractivity contribution < 1.29 is 19.6 Å². The van der Waals surface area contributed by atoms with Gasteiger partial charge in [0.15, 0.2) is 0 Å². The van der Waals surface area contributed by atoms with Crippen LogP contribution in [0.25, 0.3) is 6.08 Å². The topological polar surface area (TPSA) is 104 Å². The second kappa shape index (κ2) is 8.70. The molecule has 148 valence electrons. The molecule has 28 heavy (non-hydrogen) atoms. The van der Waals surface area contributed by atoms with Gasteiger partial charge >= 0.3 is 5.97 Å². The molecule has 0 atom stereocenters. The monoisotopic (exact) mass is 421 g/mol. The molecule has 1 amide bonds. The molecule has 0 aromatic heterocycles. The number of carbonyl (C=O) groups excluding carboxylic acids is 1. The fourth-order valence-corrected chi connectivity index (χ4v) is 4.54. The Balaban J connectivity index is 1.84. The van der Waals surface area contributed by atoms with Crippen LogP contribution >= 0.6 is 24.0 Å². The average molecular weight is 422 g/mol. The van der Waals surface area contributed by atoms with Crippen molar-refractivity contribution in [3.05, 3.63) is 38.8 Å². The second-order valence-electron chi connectivity index (χ2n) is 6.53. The zero-order valence-corrected chi connectivity index (χ0v) is 16.6. The van der Waals surface area contributed by atoms with Gasteiger partial charge in [-0.15, -0.1) is 0 Å². The predicted molar refractivity (Wildman–Crippen MR) is 111 cm³/mol. The van der Waals surface area contributed by atoms with Crippen molar-refractivity contribution in [3.8, 4) is 0 Å². The summed E-state index contributed by atoms with van der Waals surface area (Å²) in [4.78, 5) is 38.0. The van der Waals surface area contributed by atoms with E-state index in [4.69, 9.17) is 17.3 Å². The van der Waals surface area contributed by atoms with E-state index in [0.717, 1.165) is 44.1 Å². The highest BCUT2D eigenvalue weighted by Crippen LogP contribution is 2.35. The number of carboxylic acid groups (broad SMARTS) is 1. The Morgan fingerprint density at radius 1 is 1.32 bits per heavy atom. The van der Waals surface area contributed by atoms with Crippen molar-refractivity contribution in [2.75, 3.05) is 24.5 Å². The van der Waals surface area contributed by atoms with E-state index in [1.165, 1.54) is 11.0 Å². The van der Waals surface area contributed by atoms with Crippen molar-refractivity contribution in [3.63, 3.8) is 0 Å². The first kappa shape index (κ1) is 20.3. The number of hydrogen-bond acceptors (Lipinski definition) is 7. The molecule has 0 saturated carbocycles. The zero-order valence-electron chi connectivity index (χ0n) is 15.0. The van der Waals surface area contributed by atoms with Crippen LogP contribution in [0.2, 0.25) is 0 Å². The van der Waals surface area contributed by atoms with E-state index in [1.54, 1.807) is 18.2 Å². The van der Waals surface area contributed by atoms with Crippen molar-refractivity contribution in [2.45, 2.75) is 25.7 Å². The molecule has 0 radical (unpaired) electrons. The molecule has 2 aliphatic rings. The Labute approximate surface area is 171 Å². The number of nitrogens with zero attached hydrogens (tertiary/aromatic N) is 3. The average Bonchev–Trinajstić information content (AvgIpc) is 2.93. The molecule has 1 aromatic rings. The van der Waals surface area contributed by atoms with Crippen molar-refractivity contribution in [1.82, 2.24) is 4.90 Å². The summed E-state index contributed by atoms with van der Waals surface area (Å²) in [5.74, 6) is -1.39. The van der Waals surface area contributed by atoms with E-state index in [1.807, 2.05) is 4.90 Å². The molecule has 2 saturated heterocycles. The first-order valence-corrected chi connectivity index (χ1v) is 10.1. The lowest BCUT2D eigenvalue weighted by atomic mass is 10.1. The molecule has 0 spiro atoms. The first-order chi connectivity index (χ1) is 13.4. The molecular weight excluding hydrogens is 402 g/mol. The molecular formula is C18H19N3O5S2. The lowest BCUT2D eigenvalue weighted by Gasteiger charge is -2.28. The van der Waals surface area contributed by atoms with E-state index in [2.05, 4.69) is 0 Å². The van der Waals surface area contributed by atoms with Crippen LogP contribution in [0.4, 0.5) is 11.4 Å². The third-order valence-corrected chi connectivity index (χ3v) is 5.99. The van der Waals surface area contributed by atoms with Crippen LogP contribution in [0.5, 0.6) is 0 Å². The summed E-state index contributed by atoms with van der Waals surface area (Å²) in [5, 5.41) is 20.4. The van der Waals surface area contributed by atoms with Crippen molar-refractivity contribution >= 4 is 57.6 Å². The number of aliphatic carboxylic acids is 1. The maximum atomic E-state index is 12.5. The number of benzene rings is 1. The smallest absolute Gasteiger partial charge is 0.305 e. The molecule has 0 bridgehead atoms. The summed E-state index contributed by atoms with van der Waals surface area (Å²) in [5.41, 5.74) is 1.14. The van der Waals surface area contributed by atoms with Gasteiger partial charge in [0.05, 0.1) is 16.2 Å². The number of thioether (sulfide) groups is 1. The molecule has 10 heteroatoms. The fourth-order valence-electron chi connectivity index (χ4n) is 3.23. The summed E-state index contributed by atoms with van der Waals surface area (Å²) in [6, 6.07) is 4.94. The number of piperidine rings is 1. The highest BCUT2D eigenvalue weighted by Gasteiger charge is 2.32. The maximum absolute atomic E-state index is 12.5. The van der Waals surface area contributed by atoms with Crippen molar-refractivity contribution in [1.29, 1.82) is 0 Å². The maximum Gasteiger partial charge on any atom is 0.305 e. The van der Waals surface area contributed by atoms with E-state index in [-0.39, 0.29) is 28.9 Å². The molecule has 1 aromatic carbocycles. The summed E-state index contributed by atoms with van der Waals surface area (Å²) in [6.07, 6.45) is 4.52. The van der Waals surface area contributed by atoms with Crippen LogP contribution in [0, 0.1) is 10.1 Å². The summed E-state index contributed by atoms with van der Waals surface area (Å²) >= 11 is 6.23. The van der Waals surface area contributed by atoms with Gasteiger partial charge in [0.2, 0.25) is 0 Å². The van der Waals surface area contributed by atoms with Crippen LogP contribution in [-0.4, -0.2) is 50.8 Å². The number of carboxylic acids is 1. The molecule has 2 fully saturated rings. The van der Waals surface area contributed by atoms with Crippen molar-refractivity contribution in [2.24, 2.45) is 0 Å². The van der Waals surface area contributed by atoms with Crippen LogP contribution in [-0.2, 0) is 9.59 Å². The van der Waals surface area contributed by atoms with Gasteiger partial charge in [-0.2, -0.15) is 0 Å². The van der Waals surface area contributed by atoms with Crippen LogP contribution in [0.15, 0.2) is 23.1 Å². The number of rotatable bonds is 6. The molecule has 1 N–H and O–H groups in total. The van der Waals surface area contributed by atoms with Crippen LogP contribution < -0.4 is 4.90 Å². The van der Waals surface area contributed by atoms with Gasteiger partial charge in [-0.05, 0) is 37.0 Å². The molecule has 3 rings (SSSR count). The highest BCUT2D eigenvalue weighted by molar-refractivity contribution is 8.26. The first-order valence-electron chi connectivity index (χ1n) is 8.87. The number of carbonyl (C=O) groups is 2. The summed E-state index contributed by atoms with van der Waals surface area (Å²) in [6.45, 7) is 1.59. The van der Waals surface area contributed by atoms with Gasteiger partial charge in [-0.3, -0.25) is 24.6 Å². The minimum Gasteiger partial charge on any atom is -0.481 e. The SMILES string of the molecule is O=C(O)CCN1C(=O)/C(=C\c2ccc(N3CCCCC3)c([N+](=O)[O-])c2)SC1=S. The Hall–Kier alpha value is -2.46. The van der Waals surface area contributed by atoms with Gasteiger partial charge in [-0.25, -0.2) is 0 Å². The second-order valence-corrected chi connectivity index (χ2v) is 8.21. The number of nitro groups is 1. The lowest BCUT2D eigenvalue weighted by Crippen LogP contribution is -2.30. The van der Waals surface area contributed by atoms with Crippen LogP contribution in [0.3, 0.4) is 0 Å². The van der Waals surface area contributed by atoms with Gasteiger partial charge in [0.25, 0.3) is 11.6 Å². The molecule has 0 unspecified atom stereocenters. The standard InChI is InChI=1S/C18H19N3O5S2/c22-16(23)6-9-20-17(24)15(28-18(20)27)11-12-4-5-13(14(10-12)21(25)26)19-7-2-1-3-8-19/h4-5,10-11H,1-3,6-9H2,(H,22,23)/b15-11+. The number of nitro benzene ring substituents is 1. The minimum atomic E-state index is -1.01. The van der Waals surface area contributed by atoms with E-state index in [9.17, 15) is 19.7 Å². The van der Waals surface area contributed by atoms with E-state index >= 15 is 0 Å². The van der Waals surface area contributed by atoms with Gasteiger partial charge in [0.1, 0.15) is 10.0 Å². The zero-order chi connectivity index (χ0) is 20.3. The third-order valence-electron chi connectivity index (χ3n) is 4.61. The highest BCUT2D eigenvalue weighted by atomic mass is 32.2. The Bertz CT molecular complexity index is 865. The Morgan fingerprint density at radius 3 is 2.68 bits per heavy atom. The predicted octanol–water partition coefficient (Wildman–Crippen LogP) is 3.26. The van der Waals surface area contributed by atoms with Gasteiger partial charge in [0, 0.05) is 25.7 Å². The fraction of sp³-hybridized carbons (Fsp3) is 0.389. The third kappa shape index (κ3) is 4.50. The quantitative estimate of drug-likeness (QED) is 0.323. The molecule has 2 aliphatic heterocycles. The van der Waals surface area contributed by atoms with Gasteiger partial charge < -0.3 is 10.0 Å².